The van der Waals surface area contributed by atoms with E-state index in [0.717, 1.165) is 37.2 Å². The highest BCUT2D eigenvalue weighted by atomic mass is 16.5. The van der Waals surface area contributed by atoms with Crippen LogP contribution in [0.2, 0.25) is 0 Å². The molecular weight excluding hydrogens is 388 g/mol. The van der Waals surface area contributed by atoms with Crippen molar-refractivity contribution in [3.8, 4) is 5.75 Å². The van der Waals surface area contributed by atoms with Crippen molar-refractivity contribution >= 4 is 11.6 Å². The second kappa shape index (κ2) is 10.8. The summed E-state index contributed by atoms with van der Waals surface area (Å²) in [5.41, 5.74) is 2.62. The van der Waals surface area contributed by atoms with Crippen molar-refractivity contribution in [3.05, 3.63) is 59.7 Å². The predicted octanol–water partition coefficient (Wildman–Crippen LogP) is 5.26. The van der Waals surface area contributed by atoms with Crippen molar-refractivity contribution in [1.29, 1.82) is 0 Å². The van der Waals surface area contributed by atoms with Gasteiger partial charge in [0.05, 0.1) is 6.10 Å². The Bertz CT molecular complexity index is 857. The number of rotatable bonds is 8. The van der Waals surface area contributed by atoms with Crippen LogP contribution in [0.4, 0.5) is 5.69 Å². The van der Waals surface area contributed by atoms with Gasteiger partial charge in [0.2, 0.25) is 0 Å². The van der Waals surface area contributed by atoms with E-state index >= 15 is 0 Å². The number of hydrogen-bond donors (Lipinski definition) is 1. The number of carbonyl (C=O) groups excluding carboxylic acids is 1. The predicted molar refractivity (Wildman–Crippen MR) is 124 cm³/mol. The third kappa shape index (κ3) is 6.08. The summed E-state index contributed by atoms with van der Waals surface area (Å²) in [7, 11) is 2.20. The molecule has 0 radical (unpaired) electrons. The molecule has 2 fully saturated rings. The molecule has 1 amide bonds. The fraction of sp³-hybridized carbons (Fsp3) is 0.500. The van der Waals surface area contributed by atoms with Crippen LogP contribution >= 0.6 is 0 Å². The maximum atomic E-state index is 13.0. The van der Waals surface area contributed by atoms with E-state index in [2.05, 4.69) is 23.3 Å². The van der Waals surface area contributed by atoms with Gasteiger partial charge >= 0.3 is 0 Å². The lowest BCUT2D eigenvalue weighted by molar-refractivity contribution is 0.0679. The molecule has 1 unspecified atom stereocenters. The fourth-order valence-corrected chi connectivity index (χ4v) is 4.59. The lowest BCUT2D eigenvalue weighted by atomic mass is 9.94. The number of ether oxygens (including phenoxy) is 2. The van der Waals surface area contributed by atoms with Crippen LogP contribution in [0.15, 0.2) is 48.5 Å². The summed E-state index contributed by atoms with van der Waals surface area (Å²) in [6.45, 7) is 2.18. The molecule has 1 saturated heterocycles. The average molecular weight is 423 g/mol. The molecule has 1 heterocycles. The van der Waals surface area contributed by atoms with E-state index in [1.807, 2.05) is 36.4 Å². The number of hydrogen-bond acceptors (Lipinski definition) is 4. The van der Waals surface area contributed by atoms with Gasteiger partial charge in [-0.3, -0.25) is 9.69 Å². The Morgan fingerprint density at radius 3 is 2.71 bits per heavy atom. The monoisotopic (exact) mass is 422 g/mol. The number of nitrogens with zero attached hydrogens (tertiary/aromatic N) is 1. The fourth-order valence-electron chi connectivity index (χ4n) is 4.59. The molecule has 166 valence electrons. The molecule has 0 spiro atoms. The minimum Gasteiger partial charge on any atom is -0.491 e. The van der Waals surface area contributed by atoms with Crippen molar-refractivity contribution < 1.29 is 14.3 Å². The Labute approximate surface area is 185 Å². The molecule has 1 aliphatic heterocycles. The Morgan fingerprint density at radius 1 is 1.06 bits per heavy atom. The first-order valence-electron chi connectivity index (χ1n) is 11.6. The average Bonchev–Trinajstić information content (AvgIpc) is 3.33. The van der Waals surface area contributed by atoms with E-state index in [1.54, 1.807) is 6.07 Å². The highest BCUT2D eigenvalue weighted by Gasteiger charge is 2.20. The highest BCUT2D eigenvalue weighted by molar-refractivity contribution is 6.04. The van der Waals surface area contributed by atoms with Gasteiger partial charge in [-0.2, -0.15) is 0 Å². The minimum absolute atomic E-state index is 0.115. The van der Waals surface area contributed by atoms with E-state index in [9.17, 15) is 4.79 Å². The van der Waals surface area contributed by atoms with Crippen LogP contribution in [-0.4, -0.2) is 43.2 Å². The zero-order valence-electron chi connectivity index (χ0n) is 18.5. The van der Waals surface area contributed by atoms with Gasteiger partial charge in [-0.1, -0.05) is 43.5 Å². The van der Waals surface area contributed by atoms with Crippen LogP contribution in [0.1, 0.15) is 60.9 Å². The maximum Gasteiger partial charge on any atom is 0.255 e. The lowest BCUT2D eigenvalue weighted by Crippen LogP contribution is -2.33. The first kappa shape index (κ1) is 21.8. The van der Waals surface area contributed by atoms with Crippen molar-refractivity contribution in [2.24, 2.45) is 0 Å². The van der Waals surface area contributed by atoms with Crippen LogP contribution in [-0.2, 0) is 11.3 Å². The number of carbonyl (C=O) groups is 1. The van der Waals surface area contributed by atoms with E-state index in [-0.39, 0.29) is 12.0 Å². The maximum absolute atomic E-state index is 13.0. The van der Waals surface area contributed by atoms with E-state index in [4.69, 9.17) is 9.47 Å². The van der Waals surface area contributed by atoms with E-state index in [0.29, 0.717) is 24.0 Å². The molecule has 1 saturated carbocycles. The number of benzene rings is 2. The number of nitrogens with one attached hydrogen (secondary N) is 1. The minimum atomic E-state index is -0.115. The van der Waals surface area contributed by atoms with Crippen molar-refractivity contribution in [1.82, 2.24) is 4.90 Å². The molecule has 31 heavy (non-hydrogen) atoms. The van der Waals surface area contributed by atoms with Gasteiger partial charge in [-0.15, -0.1) is 0 Å². The Morgan fingerprint density at radius 2 is 1.90 bits per heavy atom. The molecule has 4 rings (SSSR count). The zero-order valence-corrected chi connectivity index (χ0v) is 18.5. The third-order valence-electron chi connectivity index (χ3n) is 6.44. The van der Waals surface area contributed by atoms with Crippen molar-refractivity contribution in [2.45, 2.75) is 63.6 Å². The largest absolute Gasteiger partial charge is 0.491 e. The molecule has 0 bridgehead atoms. The van der Waals surface area contributed by atoms with Crippen molar-refractivity contribution in [3.63, 3.8) is 0 Å². The number of para-hydroxylation sites is 1. The van der Waals surface area contributed by atoms with Gasteiger partial charge in [-0.25, -0.2) is 0 Å². The summed E-state index contributed by atoms with van der Waals surface area (Å²) >= 11 is 0. The second-order valence-electron chi connectivity index (χ2n) is 8.79. The van der Waals surface area contributed by atoms with E-state index in [1.165, 1.54) is 32.1 Å². The first-order valence-corrected chi connectivity index (χ1v) is 11.6. The van der Waals surface area contributed by atoms with Crippen LogP contribution in [0.25, 0.3) is 0 Å². The van der Waals surface area contributed by atoms with Crippen LogP contribution < -0.4 is 10.1 Å². The summed E-state index contributed by atoms with van der Waals surface area (Å²) in [6.07, 6.45) is 8.81. The quantitative estimate of drug-likeness (QED) is 0.630. The molecule has 5 heteroatoms. The standard InChI is InChI=1S/C26H34N2O3/c1-28(22-11-3-2-4-12-22)18-21-9-5-6-15-25(21)27-26(29)20-10-7-13-23(17-20)31-19-24-14-8-16-30-24/h5-7,9-10,13,15,17,22,24H,2-4,8,11-12,14,16,18-19H2,1H3,(H,27,29). The van der Waals surface area contributed by atoms with Crippen molar-refractivity contribution in [2.75, 3.05) is 25.6 Å². The van der Waals surface area contributed by atoms with E-state index < -0.39 is 0 Å². The SMILES string of the molecule is CN(Cc1ccccc1NC(=O)c1cccc(OCC2CCCO2)c1)C1CCCCC1. The molecule has 2 aromatic rings. The molecule has 1 aliphatic carbocycles. The topological polar surface area (TPSA) is 50.8 Å². The highest BCUT2D eigenvalue weighted by Crippen LogP contribution is 2.25. The third-order valence-corrected chi connectivity index (χ3v) is 6.44. The summed E-state index contributed by atoms with van der Waals surface area (Å²) in [5, 5.41) is 3.11. The Hall–Kier alpha value is -2.37. The molecule has 1 N–H and O–H groups in total. The molecular formula is C26H34N2O3. The van der Waals surface area contributed by atoms with Gasteiger partial charge in [0.15, 0.2) is 0 Å². The molecule has 1 atom stereocenters. The van der Waals surface area contributed by atoms with Gasteiger partial charge in [-0.05, 0) is 62.6 Å². The normalized spacial score (nSPS) is 19.5. The summed E-state index contributed by atoms with van der Waals surface area (Å²) in [5.74, 6) is 0.587. The summed E-state index contributed by atoms with van der Waals surface area (Å²) in [4.78, 5) is 15.4. The Balaban J connectivity index is 1.38. The zero-order chi connectivity index (χ0) is 21.5. The number of anilines is 1. The smallest absolute Gasteiger partial charge is 0.255 e. The van der Waals surface area contributed by atoms with Crippen LogP contribution in [0.5, 0.6) is 5.75 Å². The summed E-state index contributed by atoms with van der Waals surface area (Å²) in [6, 6.07) is 16.1. The molecule has 2 aliphatic rings. The lowest BCUT2D eigenvalue weighted by Gasteiger charge is -2.31. The molecule has 0 aromatic heterocycles. The molecule has 2 aromatic carbocycles. The Kier molecular flexibility index (Phi) is 7.60. The number of amides is 1. The summed E-state index contributed by atoms with van der Waals surface area (Å²) < 4.78 is 11.5. The van der Waals surface area contributed by atoms with Gasteiger partial charge in [0.25, 0.3) is 5.91 Å². The van der Waals surface area contributed by atoms with Gasteiger partial charge < -0.3 is 14.8 Å². The molecule has 5 nitrogen and oxygen atoms in total. The first-order chi connectivity index (χ1) is 15.2. The van der Waals surface area contributed by atoms with Gasteiger partial charge in [0.1, 0.15) is 12.4 Å². The van der Waals surface area contributed by atoms with Crippen LogP contribution in [0.3, 0.4) is 0 Å². The van der Waals surface area contributed by atoms with Gasteiger partial charge in [0, 0.05) is 30.4 Å². The second-order valence-corrected chi connectivity index (χ2v) is 8.79. The van der Waals surface area contributed by atoms with Crippen LogP contribution in [0, 0.1) is 0 Å².